The summed E-state index contributed by atoms with van der Waals surface area (Å²) >= 11 is 0. The Labute approximate surface area is 103 Å². The van der Waals surface area contributed by atoms with Crippen molar-refractivity contribution >= 4 is 5.91 Å². The molecular weight excluding hydrogens is 218 g/mol. The van der Waals surface area contributed by atoms with Crippen LogP contribution in [-0.2, 0) is 14.3 Å². The number of hydrogen-bond acceptors (Lipinski definition) is 3. The summed E-state index contributed by atoms with van der Waals surface area (Å²) in [6, 6.07) is 0.265. The summed E-state index contributed by atoms with van der Waals surface area (Å²) in [4.78, 5) is 11.9. The molecule has 2 rings (SSSR count). The van der Waals surface area contributed by atoms with Gasteiger partial charge in [0.1, 0.15) is 6.10 Å². The van der Waals surface area contributed by atoms with Gasteiger partial charge in [0.2, 0.25) is 5.91 Å². The number of carbonyl (C=O) groups excluding carboxylic acids is 1. The predicted molar refractivity (Wildman–Crippen MR) is 64.5 cm³/mol. The standard InChI is InChI=1S/C13H23NO3/c1-3-6-10-9(2)12(13(15)14-10)17-11-7-4-5-8-16-11/h9-12H,3-8H2,1-2H3,(H,14,15). The van der Waals surface area contributed by atoms with Crippen LogP contribution in [0.3, 0.4) is 0 Å². The Bertz CT molecular complexity index is 263. The average molecular weight is 241 g/mol. The molecule has 2 heterocycles. The molecule has 1 amide bonds. The van der Waals surface area contributed by atoms with Gasteiger partial charge in [-0.2, -0.15) is 0 Å². The van der Waals surface area contributed by atoms with E-state index in [-0.39, 0.29) is 30.3 Å². The van der Waals surface area contributed by atoms with Gasteiger partial charge in [0.15, 0.2) is 6.29 Å². The highest BCUT2D eigenvalue weighted by molar-refractivity contribution is 5.84. The fraction of sp³-hybridized carbons (Fsp3) is 0.923. The van der Waals surface area contributed by atoms with Crippen LogP contribution in [0, 0.1) is 5.92 Å². The third-order valence-electron chi connectivity index (χ3n) is 3.73. The summed E-state index contributed by atoms with van der Waals surface area (Å²) in [5.41, 5.74) is 0. The first kappa shape index (κ1) is 12.8. The Hall–Kier alpha value is -0.610. The van der Waals surface area contributed by atoms with E-state index >= 15 is 0 Å². The van der Waals surface area contributed by atoms with Crippen LogP contribution in [0.2, 0.25) is 0 Å². The van der Waals surface area contributed by atoms with E-state index < -0.39 is 0 Å². The van der Waals surface area contributed by atoms with Gasteiger partial charge >= 0.3 is 0 Å². The SMILES string of the molecule is CCCC1NC(=O)C(OC2CCCCO2)C1C. The molecule has 2 aliphatic heterocycles. The second kappa shape index (κ2) is 5.83. The van der Waals surface area contributed by atoms with Crippen molar-refractivity contribution in [2.45, 2.75) is 64.4 Å². The third kappa shape index (κ3) is 2.99. The fourth-order valence-corrected chi connectivity index (χ4v) is 2.66. The van der Waals surface area contributed by atoms with E-state index in [1.165, 1.54) is 0 Å². The van der Waals surface area contributed by atoms with Gasteiger partial charge in [-0.25, -0.2) is 0 Å². The largest absolute Gasteiger partial charge is 0.353 e. The minimum Gasteiger partial charge on any atom is -0.353 e. The monoisotopic (exact) mass is 241 g/mol. The number of nitrogens with one attached hydrogen (secondary N) is 1. The van der Waals surface area contributed by atoms with Crippen LogP contribution < -0.4 is 5.32 Å². The van der Waals surface area contributed by atoms with Crippen molar-refractivity contribution in [2.24, 2.45) is 5.92 Å². The van der Waals surface area contributed by atoms with Crippen LogP contribution in [0.4, 0.5) is 0 Å². The molecule has 4 nitrogen and oxygen atoms in total. The van der Waals surface area contributed by atoms with Crippen molar-refractivity contribution in [3.63, 3.8) is 0 Å². The van der Waals surface area contributed by atoms with Gasteiger partial charge in [-0.3, -0.25) is 4.79 Å². The summed E-state index contributed by atoms with van der Waals surface area (Å²) in [6.07, 6.45) is 4.75. The van der Waals surface area contributed by atoms with E-state index in [2.05, 4.69) is 19.2 Å². The Morgan fingerprint density at radius 1 is 1.47 bits per heavy atom. The van der Waals surface area contributed by atoms with Crippen molar-refractivity contribution in [2.75, 3.05) is 6.61 Å². The van der Waals surface area contributed by atoms with E-state index in [0.29, 0.717) is 0 Å². The first-order chi connectivity index (χ1) is 8.22. The van der Waals surface area contributed by atoms with E-state index in [4.69, 9.17) is 9.47 Å². The molecule has 0 bridgehead atoms. The highest BCUT2D eigenvalue weighted by atomic mass is 16.7. The van der Waals surface area contributed by atoms with E-state index in [1.54, 1.807) is 0 Å². The van der Waals surface area contributed by atoms with Gasteiger partial charge < -0.3 is 14.8 Å². The molecular formula is C13H23NO3. The van der Waals surface area contributed by atoms with E-state index in [9.17, 15) is 4.79 Å². The summed E-state index contributed by atoms with van der Waals surface area (Å²) in [5, 5.41) is 3.02. The maximum absolute atomic E-state index is 11.9. The summed E-state index contributed by atoms with van der Waals surface area (Å²) < 4.78 is 11.3. The molecule has 98 valence electrons. The normalized spacial score (nSPS) is 38.1. The van der Waals surface area contributed by atoms with Gasteiger partial charge in [-0.05, 0) is 25.7 Å². The Morgan fingerprint density at radius 2 is 2.29 bits per heavy atom. The lowest BCUT2D eigenvalue weighted by atomic mass is 9.97. The average Bonchev–Trinajstić information content (AvgIpc) is 2.59. The summed E-state index contributed by atoms with van der Waals surface area (Å²) in [5.74, 6) is 0.276. The molecule has 2 fully saturated rings. The zero-order valence-corrected chi connectivity index (χ0v) is 10.8. The third-order valence-corrected chi connectivity index (χ3v) is 3.73. The second-order valence-corrected chi connectivity index (χ2v) is 5.12. The fourth-order valence-electron chi connectivity index (χ4n) is 2.66. The maximum atomic E-state index is 11.9. The Morgan fingerprint density at radius 3 is 2.94 bits per heavy atom. The van der Waals surface area contributed by atoms with Crippen molar-refractivity contribution in [1.29, 1.82) is 0 Å². The van der Waals surface area contributed by atoms with Crippen molar-refractivity contribution in [1.82, 2.24) is 5.32 Å². The second-order valence-electron chi connectivity index (χ2n) is 5.12. The summed E-state index contributed by atoms with van der Waals surface area (Å²) in [6.45, 7) is 4.98. The van der Waals surface area contributed by atoms with Crippen LogP contribution in [-0.4, -0.2) is 30.9 Å². The lowest BCUT2D eigenvalue weighted by molar-refractivity contribution is -0.195. The lowest BCUT2D eigenvalue weighted by Gasteiger charge is -2.27. The topological polar surface area (TPSA) is 47.6 Å². The van der Waals surface area contributed by atoms with E-state index in [0.717, 1.165) is 38.7 Å². The molecule has 0 aromatic heterocycles. The quantitative estimate of drug-likeness (QED) is 0.817. The molecule has 0 saturated carbocycles. The van der Waals surface area contributed by atoms with Gasteiger partial charge in [0.05, 0.1) is 0 Å². The molecule has 0 aliphatic carbocycles. The minimum absolute atomic E-state index is 0.0325. The molecule has 0 spiro atoms. The van der Waals surface area contributed by atoms with Crippen LogP contribution in [0.5, 0.6) is 0 Å². The molecule has 1 N–H and O–H groups in total. The van der Waals surface area contributed by atoms with Crippen molar-refractivity contribution in [3.05, 3.63) is 0 Å². The number of carbonyl (C=O) groups is 1. The Kier molecular flexibility index (Phi) is 4.40. The first-order valence-corrected chi connectivity index (χ1v) is 6.79. The molecule has 0 aromatic carbocycles. The number of hydrogen-bond donors (Lipinski definition) is 1. The highest BCUT2D eigenvalue weighted by Crippen LogP contribution is 2.26. The maximum Gasteiger partial charge on any atom is 0.249 e. The molecule has 2 aliphatic rings. The molecule has 4 atom stereocenters. The van der Waals surface area contributed by atoms with Crippen LogP contribution in [0.1, 0.15) is 46.0 Å². The lowest BCUT2D eigenvalue weighted by Crippen LogP contribution is -2.34. The van der Waals surface area contributed by atoms with Crippen molar-refractivity contribution < 1.29 is 14.3 Å². The van der Waals surface area contributed by atoms with Gasteiger partial charge in [-0.15, -0.1) is 0 Å². The minimum atomic E-state index is -0.324. The smallest absolute Gasteiger partial charge is 0.249 e. The van der Waals surface area contributed by atoms with Crippen LogP contribution in [0.15, 0.2) is 0 Å². The number of ether oxygens (including phenoxy) is 2. The van der Waals surface area contributed by atoms with Gasteiger partial charge in [0, 0.05) is 18.6 Å². The van der Waals surface area contributed by atoms with Crippen LogP contribution >= 0.6 is 0 Å². The van der Waals surface area contributed by atoms with Gasteiger partial charge in [-0.1, -0.05) is 20.3 Å². The molecule has 0 radical (unpaired) electrons. The Balaban J connectivity index is 1.88. The van der Waals surface area contributed by atoms with Gasteiger partial charge in [0.25, 0.3) is 0 Å². The number of amides is 1. The molecule has 4 unspecified atom stereocenters. The summed E-state index contributed by atoms with van der Waals surface area (Å²) in [7, 11) is 0. The number of rotatable bonds is 4. The van der Waals surface area contributed by atoms with Crippen molar-refractivity contribution in [3.8, 4) is 0 Å². The zero-order valence-electron chi connectivity index (χ0n) is 10.8. The van der Waals surface area contributed by atoms with Crippen LogP contribution in [0.25, 0.3) is 0 Å². The predicted octanol–water partition coefficient (Wildman–Crippen LogP) is 1.83. The molecule has 0 aromatic rings. The highest BCUT2D eigenvalue weighted by Gasteiger charge is 2.41. The molecule has 4 heteroatoms. The van der Waals surface area contributed by atoms with E-state index in [1.807, 2.05) is 0 Å². The zero-order chi connectivity index (χ0) is 12.3. The molecule has 17 heavy (non-hydrogen) atoms. The molecule has 2 saturated heterocycles. The first-order valence-electron chi connectivity index (χ1n) is 6.79.